The van der Waals surface area contributed by atoms with E-state index in [4.69, 9.17) is 4.42 Å². The number of carbonyl (C=O) groups excluding carboxylic acids is 1. The molecule has 5 heteroatoms. The first-order valence-electron chi connectivity index (χ1n) is 8.73. The maximum atomic E-state index is 12.6. The van der Waals surface area contributed by atoms with E-state index in [0.717, 1.165) is 17.7 Å². The molecule has 1 aliphatic heterocycles. The van der Waals surface area contributed by atoms with Crippen molar-refractivity contribution >= 4 is 17.7 Å². The van der Waals surface area contributed by atoms with Crippen molar-refractivity contribution in [3.63, 3.8) is 0 Å². The van der Waals surface area contributed by atoms with Gasteiger partial charge in [0, 0.05) is 16.2 Å². The second-order valence-corrected chi connectivity index (χ2v) is 7.50. The zero-order valence-electron chi connectivity index (χ0n) is 14.6. The van der Waals surface area contributed by atoms with E-state index in [2.05, 4.69) is 22.4 Å². The van der Waals surface area contributed by atoms with Crippen LogP contribution in [-0.2, 0) is 11.2 Å². The molecule has 0 fully saturated rings. The molecule has 2 aromatic carbocycles. The summed E-state index contributed by atoms with van der Waals surface area (Å²) in [5.74, 6) is 2.25. The summed E-state index contributed by atoms with van der Waals surface area (Å²) in [4.78, 5) is 18.4. The summed E-state index contributed by atoms with van der Waals surface area (Å²) in [7, 11) is 0. The van der Waals surface area contributed by atoms with Gasteiger partial charge < -0.3 is 9.73 Å². The summed E-state index contributed by atoms with van der Waals surface area (Å²) in [5.41, 5.74) is 2.82. The highest BCUT2D eigenvalue weighted by molar-refractivity contribution is 7.99. The maximum Gasteiger partial charge on any atom is 0.226 e. The summed E-state index contributed by atoms with van der Waals surface area (Å²) in [6.07, 6.45) is 1.18. The van der Waals surface area contributed by atoms with Crippen molar-refractivity contribution in [1.82, 2.24) is 10.3 Å². The number of aromatic nitrogens is 1. The zero-order chi connectivity index (χ0) is 17.9. The lowest BCUT2D eigenvalue weighted by Crippen LogP contribution is -2.32. The number of nitrogens with zero attached hydrogens (tertiary/aromatic N) is 1. The van der Waals surface area contributed by atoms with Crippen LogP contribution in [0.2, 0.25) is 0 Å². The van der Waals surface area contributed by atoms with Gasteiger partial charge in [-0.15, -0.1) is 11.8 Å². The van der Waals surface area contributed by atoms with E-state index in [1.165, 1.54) is 10.5 Å². The molecule has 0 saturated carbocycles. The fourth-order valence-electron chi connectivity index (χ4n) is 3.19. The number of aryl methyl sites for hydroxylation is 1. The Hall–Kier alpha value is -2.53. The van der Waals surface area contributed by atoms with Crippen LogP contribution >= 0.6 is 11.8 Å². The van der Waals surface area contributed by atoms with Crippen LogP contribution in [0.3, 0.4) is 0 Å². The van der Waals surface area contributed by atoms with Crippen LogP contribution in [0.4, 0.5) is 0 Å². The van der Waals surface area contributed by atoms with Gasteiger partial charge in [0.1, 0.15) is 5.76 Å². The Bertz CT molecular complexity index is 921. The summed E-state index contributed by atoms with van der Waals surface area (Å²) in [6.45, 7) is 1.86. The van der Waals surface area contributed by atoms with E-state index in [-0.39, 0.29) is 18.4 Å². The van der Waals surface area contributed by atoms with Crippen LogP contribution in [0.15, 0.2) is 63.9 Å². The molecule has 1 amide bonds. The summed E-state index contributed by atoms with van der Waals surface area (Å²) in [6, 6.07) is 18.1. The molecule has 1 N–H and O–H groups in total. The van der Waals surface area contributed by atoms with Crippen LogP contribution in [0, 0.1) is 6.92 Å². The van der Waals surface area contributed by atoms with Crippen molar-refractivity contribution in [2.75, 3.05) is 5.75 Å². The monoisotopic (exact) mass is 364 g/mol. The van der Waals surface area contributed by atoms with Crippen LogP contribution in [-0.4, -0.2) is 16.6 Å². The summed E-state index contributed by atoms with van der Waals surface area (Å²) < 4.78 is 5.75. The first kappa shape index (κ1) is 16.9. The number of oxazole rings is 1. The van der Waals surface area contributed by atoms with Gasteiger partial charge in [0.15, 0.2) is 0 Å². The molecule has 0 aliphatic carbocycles. The number of amides is 1. The Labute approximate surface area is 157 Å². The summed E-state index contributed by atoms with van der Waals surface area (Å²) >= 11 is 1.85. The third-order valence-corrected chi connectivity index (χ3v) is 5.66. The molecule has 1 aromatic heterocycles. The molecule has 1 aliphatic rings. The number of carbonyl (C=O) groups is 1. The van der Waals surface area contributed by atoms with Crippen molar-refractivity contribution in [1.29, 1.82) is 0 Å². The van der Waals surface area contributed by atoms with E-state index in [1.807, 2.05) is 61.2 Å². The quantitative estimate of drug-likeness (QED) is 0.738. The number of fused-ring (bicyclic) bond motifs is 1. The lowest BCUT2D eigenvalue weighted by atomic mass is 10.0. The molecule has 0 saturated heterocycles. The normalized spacial score (nSPS) is 16.1. The fourth-order valence-corrected chi connectivity index (χ4v) is 4.31. The van der Waals surface area contributed by atoms with Gasteiger partial charge in [0.2, 0.25) is 11.8 Å². The Morgan fingerprint density at radius 1 is 1.19 bits per heavy atom. The maximum absolute atomic E-state index is 12.6. The molecule has 2 heterocycles. The van der Waals surface area contributed by atoms with E-state index < -0.39 is 0 Å². The molecule has 26 heavy (non-hydrogen) atoms. The molecule has 0 bridgehead atoms. The molecule has 132 valence electrons. The number of thioether (sulfide) groups is 1. The Balaban J connectivity index is 1.47. The minimum absolute atomic E-state index is 0.0206. The minimum Gasteiger partial charge on any atom is -0.441 e. The average Bonchev–Trinajstić information content (AvgIpc) is 3.03. The molecule has 0 spiro atoms. The third-order valence-electron chi connectivity index (χ3n) is 4.54. The minimum atomic E-state index is -0.0206. The molecular weight excluding hydrogens is 344 g/mol. The van der Waals surface area contributed by atoms with Crippen molar-refractivity contribution in [3.05, 3.63) is 71.6 Å². The SMILES string of the molecule is Cc1oc(-c2ccccc2)nc1CC(=O)NC1CCSc2ccccc21. The lowest BCUT2D eigenvalue weighted by molar-refractivity contribution is -0.121. The number of hydrogen-bond acceptors (Lipinski definition) is 4. The molecule has 3 aromatic rings. The second kappa shape index (κ2) is 7.38. The van der Waals surface area contributed by atoms with Crippen molar-refractivity contribution in [3.8, 4) is 11.5 Å². The highest BCUT2D eigenvalue weighted by Crippen LogP contribution is 2.35. The number of hydrogen-bond donors (Lipinski definition) is 1. The van der Waals surface area contributed by atoms with Gasteiger partial charge in [-0.1, -0.05) is 36.4 Å². The van der Waals surface area contributed by atoms with Gasteiger partial charge in [0.05, 0.1) is 18.2 Å². The molecule has 1 atom stereocenters. The van der Waals surface area contributed by atoms with E-state index >= 15 is 0 Å². The Morgan fingerprint density at radius 2 is 1.96 bits per heavy atom. The Morgan fingerprint density at radius 3 is 2.81 bits per heavy atom. The summed E-state index contributed by atoms with van der Waals surface area (Å²) in [5, 5.41) is 3.17. The molecule has 4 rings (SSSR count). The number of nitrogens with one attached hydrogen (secondary N) is 1. The van der Waals surface area contributed by atoms with Crippen molar-refractivity contribution < 1.29 is 9.21 Å². The average molecular weight is 364 g/mol. The first-order chi connectivity index (χ1) is 12.7. The topological polar surface area (TPSA) is 55.1 Å². The predicted octanol–water partition coefficient (Wildman–Crippen LogP) is 4.55. The first-order valence-corrected chi connectivity index (χ1v) is 9.72. The second-order valence-electron chi connectivity index (χ2n) is 6.36. The van der Waals surface area contributed by atoms with E-state index in [9.17, 15) is 4.79 Å². The van der Waals surface area contributed by atoms with Gasteiger partial charge in [-0.25, -0.2) is 4.98 Å². The third kappa shape index (κ3) is 3.53. The molecule has 1 unspecified atom stereocenters. The fraction of sp³-hybridized carbons (Fsp3) is 0.238. The van der Waals surface area contributed by atoms with Crippen LogP contribution in [0.25, 0.3) is 11.5 Å². The largest absolute Gasteiger partial charge is 0.441 e. The van der Waals surface area contributed by atoms with Gasteiger partial charge in [-0.05, 0) is 37.1 Å². The van der Waals surface area contributed by atoms with Crippen molar-refractivity contribution in [2.24, 2.45) is 0 Å². The smallest absolute Gasteiger partial charge is 0.226 e. The molecule has 4 nitrogen and oxygen atoms in total. The van der Waals surface area contributed by atoms with Gasteiger partial charge in [-0.3, -0.25) is 4.79 Å². The van der Waals surface area contributed by atoms with Crippen LogP contribution in [0.1, 0.15) is 29.5 Å². The number of benzene rings is 2. The lowest BCUT2D eigenvalue weighted by Gasteiger charge is -2.25. The highest BCUT2D eigenvalue weighted by atomic mass is 32.2. The van der Waals surface area contributed by atoms with E-state index in [0.29, 0.717) is 17.3 Å². The van der Waals surface area contributed by atoms with Crippen LogP contribution in [0.5, 0.6) is 0 Å². The van der Waals surface area contributed by atoms with Gasteiger partial charge in [-0.2, -0.15) is 0 Å². The Kier molecular flexibility index (Phi) is 4.80. The van der Waals surface area contributed by atoms with Crippen LogP contribution < -0.4 is 5.32 Å². The standard InChI is InChI=1S/C21H20N2O2S/c1-14-18(23-21(25-14)15-7-3-2-4-8-15)13-20(24)22-17-11-12-26-19-10-6-5-9-16(17)19/h2-10,17H,11-13H2,1H3,(H,22,24). The molecule has 0 radical (unpaired) electrons. The predicted molar refractivity (Wildman–Crippen MR) is 103 cm³/mol. The highest BCUT2D eigenvalue weighted by Gasteiger charge is 2.23. The van der Waals surface area contributed by atoms with E-state index in [1.54, 1.807) is 0 Å². The number of rotatable bonds is 4. The van der Waals surface area contributed by atoms with Gasteiger partial charge >= 0.3 is 0 Å². The van der Waals surface area contributed by atoms with Crippen molar-refractivity contribution in [2.45, 2.75) is 30.7 Å². The van der Waals surface area contributed by atoms with Gasteiger partial charge in [0.25, 0.3) is 0 Å². The zero-order valence-corrected chi connectivity index (χ0v) is 15.4. The molecular formula is C21H20N2O2S.